The summed E-state index contributed by atoms with van der Waals surface area (Å²) in [5, 5.41) is 9.84. The van der Waals surface area contributed by atoms with Crippen molar-refractivity contribution in [2.75, 3.05) is 0 Å². The molecule has 4 nitrogen and oxygen atoms in total. The van der Waals surface area contributed by atoms with E-state index < -0.39 is 11.9 Å². The summed E-state index contributed by atoms with van der Waals surface area (Å²) in [5.41, 5.74) is 13.8. The Balaban J connectivity index is 0.000000455. The smallest absolute Gasteiger partial charge is 0.119 e. The van der Waals surface area contributed by atoms with E-state index in [4.69, 9.17) is 13.2 Å². The van der Waals surface area contributed by atoms with E-state index in [2.05, 4.69) is 165 Å². The Bertz CT molecular complexity index is 3260. The molecule has 0 saturated carbocycles. The Hall–Kier alpha value is -5.57. The minimum atomic E-state index is -0.780. The number of pyridine rings is 1. The van der Waals surface area contributed by atoms with Gasteiger partial charge in [0.15, 0.2) is 0 Å². The summed E-state index contributed by atoms with van der Waals surface area (Å²) in [6, 6.07) is 36.6. The second kappa shape index (κ2) is 19.3. The number of phenols is 1. The van der Waals surface area contributed by atoms with Crippen LogP contribution >= 0.6 is 0 Å². The number of imidazole rings is 1. The van der Waals surface area contributed by atoms with Gasteiger partial charge >= 0.3 is 0 Å². The predicted octanol–water partition coefficient (Wildman–Crippen LogP) is 16.6. The fourth-order valence-electron chi connectivity index (χ4n) is 7.90. The number of para-hydroxylation sites is 1. The van der Waals surface area contributed by atoms with Crippen molar-refractivity contribution in [1.29, 1.82) is 0 Å². The van der Waals surface area contributed by atoms with Crippen molar-refractivity contribution in [2.24, 2.45) is 0 Å². The molecule has 2 heterocycles. The van der Waals surface area contributed by atoms with E-state index in [-0.39, 0.29) is 72.5 Å². The van der Waals surface area contributed by atoms with Crippen LogP contribution < -0.4 is 0 Å². The number of fused-ring (bicyclic) bond motifs is 1. The molecule has 0 aliphatic rings. The monoisotopic (exact) mass is 1060 g/mol. The molecule has 8 aromatic rings. The molecular formula is C61H68N3OPt-. The fourth-order valence-corrected chi connectivity index (χ4v) is 7.90. The third-order valence-corrected chi connectivity index (χ3v) is 12.0. The van der Waals surface area contributed by atoms with Gasteiger partial charge in [0.25, 0.3) is 0 Å². The zero-order valence-corrected chi connectivity index (χ0v) is 43.3. The van der Waals surface area contributed by atoms with Gasteiger partial charge in [0.05, 0.1) is 29.9 Å². The number of aromatic hydroxyl groups is 1. The Kier molecular flexibility index (Phi) is 12.3. The number of hydrogen-bond donors (Lipinski definition) is 1. The van der Waals surface area contributed by atoms with Gasteiger partial charge in [-0.2, -0.15) is 0 Å². The molecule has 6 aromatic carbocycles. The van der Waals surface area contributed by atoms with Crippen LogP contribution in [0.2, 0.25) is 0 Å². The van der Waals surface area contributed by atoms with Crippen molar-refractivity contribution < 1.29 is 34.4 Å². The van der Waals surface area contributed by atoms with Crippen LogP contribution in [0.3, 0.4) is 0 Å². The van der Waals surface area contributed by atoms with Crippen LogP contribution in [0.15, 0.2) is 146 Å². The molecule has 0 fully saturated rings. The van der Waals surface area contributed by atoms with Crippen molar-refractivity contribution >= 4 is 11.0 Å². The molecule has 0 bridgehead atoms. The normalized spacial score (nSPS) is 13.6. The van der Waals surface area contributed by atoms with Crippen molar-refractivity contribution in [3.05, 3.63) is 180 Å². The van der Waals surface area contributed by atoms with E-state index in [1.807, 2.05) is 38.4 Å². The Morgan fingerprint density at radius 1 is 0.591 bits per heavy atom. The quantitative estimate of drug-likeness (QED) is 0.169. The van der Waals surface area contributed by atoms with Gasteiger partial charge in [-0.3, -0.25) is 9.55 Å². The zero-order valence-electron chi connectivity index (χ0n) is 47.1. The number of benzene rings is 6. The predicted molar refractivity (Wildman–Crippen MR) is 276 cm³/mol. The van der Waals surface area contributed by atoms with Gasteiger partial charge in [-0.25, -0.2) is 4.98 Å². The molecule has 66 heavy (non-hydrogen) atoms. The standard InChI is InChI=1S/C47H46N3.C14H22O.Pt/c1-31(2)34-19-22-43(41(28-34)33-17-20-38(21-18-33)46(3,4)5)50-30-49-45-40(15-12-16-44(45)50)36-25-37(27-39(26-36)47(6,7)8)42-29-35(23-24-48-42)32-13-10-9-11-14-32;1-13(2,3)10-7-8-12(15)11(9-10)14(4,5)6;/h9-24,26-31H,1-8H3;7-9,15H,1-6H3;/q-1;;/i9D,10D,11D,13D,14D,31D;;. The van der Waals surface area contributed by atoms with Gasteiger partial charge in [0, 0.05) is 39.9 Å². The van der Waals surface area contributed by atoms with Crippen molar-refractivity contribution in [3.8, 4) is 56.1 Å². The second-order valence-electron chi connectivity index (χ2n) is 21.5. The zero-order chi connectivity index (χ0) is 52.3. The van der Waals surface area contributed by atoms with Crippen LogP contribution in [0.5, 0.6) is 5.75 Å². The van der Waals surface area contributed by atoms with Crippen LogP contribution in [0.4, 0.5) is 0 Å². The maximum atomic E-state index is 9.84. The van der Waals surface area contributed by atoms with E-state index in [0.717, 1.165) is 55.7 Å². The molecule has 0 amide bonds. The summed E-state index contributed by atoms with van der Waals surface area (Å²) in [7, 11) is 0. The topological polar surface area (TPSA) is 50.9 Å². The summed E-state index contributed by atoms with van der Waals surface area (Å²) >= 11 is 0. The molecule has 0 saturated heterocycles. The number of phenolic OH excluding ortho intramolecular Hbond substituents is 1. The molecular weight excluding hydrogens is 986 g/mol. The van der Waals surface area contributed by atoms with Gasteiger partial charge < -0.3 is 5.11 Å². The van der Waals surface area contributed by atoms with Crippen LogP contribution in [0.25, 0.3) is 61.4 Å². The van der Waals surface area contributed by atoms with Gasteiger partial charge in [0.1, 0.15) is 5.75 Å². The number of nitrogens with zero attached hydrogens (tertiary/aromatic N) is 3. The summed E-state index contributed by atoms with van der Waals surface area (Å²) in [6.45, 7) is 29.8. The molecule has 2 aromatic heterocycles. The average Bonchev–Trinajstić information content (AvgIpc) is 3.73. The number of rotatable bonds is 6. The molecule has 0 aliphatic carbocycles. The molecule has 8 rings (SSSR count). The van der Waals surface area contributed by atoms with Crippen LogP contribution in [-0.2, 0) is 42.7 Å². The Morgan fingerprint density at radius 2 is 1.23 bits per heavy atom. The number of aromatic nitrogens is 3. The molecule has 0 aliphatic heterocycles. The molecule has 0 spiro atoms. The van der Waals surface area contributed by atoms with Crippen molar-refractivity contribution in [2.45, 2.75) is 124 Å². The minimum absolute atomic E-state index is 0. The van der Waals surface area contributed by atoms with Gasteiger partial charge in [-0.1, -0.05) is 199 Å². The molecule has 344 valence electrons. The van der Waals surface area contributed by atoms with E-state index >= 15 is 0 Å². The summed E-state index contributed by atoms with van der Waals surface area (Å²) in [5.74, 6) is -0.382. The van der Waals surface area contributed by atoms with Gasteiger partial charge in [0.2, 0.25) is 0 Å². The van der Waals surface area contributed by atoms with Crippen LogP contribution in [0, 0.1) is 6.07 Å². The first-order valence-corrected chi connectivity index (χ1v) is 22.5. The van der Waals surface area contributed by atoms with E-state index in [0.29, 0.717) is 22.6 Å². The average molecular weight is 1060 g/mol. The Labute approximate surface area is 418 Å². The SMILES string of the molecule is CC(C)(C)c1ccc(O)c(C(C)(C)C)c1.[2H]c1c([2H])c([2H])c(-c2ccnc(-c3[c-]c(-c4cccc5c4ncn5-c4ccc(C([2H])(C)C)cc4-c4ccc(C(C)(C)C)cc4)cc(C(C)(C)C)c3)c2)c([2H])c1[2H].[Pt]. The first-order chi connectivity index (χ1) is 32.9. The molecule has 0 atom stereocenters. The van der Waals surface area contributed by atoms with Crippen molar-refractivity contribution in [3.63, 3.8) is 0 Å². The van der Waals surface area contributed by atoms with E-state index in [1.54, 1.807) is 24.4 Å². The third-order valence-electron chi connectivity index (χ3n) is 12.0. The molecule has 0 unspecified atom stereocenters. The molecule has 0 radical (unpaired) electrons. The molecule has 5 heteroatoms. The van der Waals surface area contributed by atoms with E-state index in [9.17, 15) is 5.11 Å². The fraction of sp³-hybridized carbons (Fsp3) is 0.311. The van der Waals surface area contributed by atoms with Crippen LogP contribution in [-0.4, -0.2) is 19.6 Å². The second-order valence-corrected chi connectivity index (χ2v) is 21.5. The van der Waals surface area contributed by atoms with Crippen molar-refractivity contribution in [1.82, 2.24) is 14.5 Å². The van der Waals surface area contributed by atoms with Gasteiger partial charge in [-0.15, -0.1) is 29.3 Å². The third kappa shape index (κ3) is 11.2. The first-order valence-electron chi connectivity index (χ1n) is 25.5. The number of hydrogen-bond acceptors (Lipinski definition) is 3. The molecule has 1 N–H and O–H groups in total. The maximum Gasteiger partial charge on any atom is 0.119 e. The summed E-state index contributed by atoms with van der Waals surface area (Å²) in [4.78, 5) is 9.70. The first kappa shape index (κ1) is 41.8. The summed E-state index contributed by atoms with van der Waals surface area (Å²) < 4.78 is 52.6. The Morgan fingerprint density at radius 3 is 1.85 bits per heavy atom. The minimum Gasteiger partial charge on any atom is -0.508 e. The largest absolute Gasteiger partial charge is 0.508 e. The van der Waals surface area contributed by atoms with Crippen LogP contribution in [0.1, 0.15) is 139 Å². The van der Waals surface area contributed by atoms with E-state index in [1.165, 1.54) is 11.1 Å². The summed E-state index contributed by atoms with van der Waals surface area (Å²) in [6.07, 6.45) is 3.47. The maximum absolute atomic E-state index is 9.84. The van der Waals surface area contributed by atoms with Gasteiger partial charge in [-0.05, 0) is 96.8 Å².